The lowest BCUT2D eigenvalue weighted by molar-refractivity contribution is 0.0599. The fourth-order valence-corrected chi connectivity index (χ4v) is 6.01. The first-order valence-corrected chi connectivity index (χ1v) is 13.9. The van der Waals surface area contributed by atoms with Crippen LogP contribution in [-0.2, 0) is 4.74 Å². The lowest BCUT2D eigenvalue weighted by Gasteiger charge is -2.28. The van der Waals surface area contributed by atoms with Gasteiger partial charge in [0.15, 0.2) is 0 Å². The van der Waals surface area contributed by atoms with E-state index in [0.717, 1.165) is 40.4 Å². The summed E-state index contributed by atoms with van der Waals surface area (Å²) in [6.07, 6.45) is 11.1. The smallest absolute Gasteiger partial charge is 0.339 e. The number of benzene rings is 2. The molecule has 1 aromatic heterocycles. The topological polar surface area (TPSA) is 91.2 Å². The van der Waals surface area contributed by atoms with E-state index < -0.39 is 0 Å². The molecule has 0 aliphatic heterocycles. The molecule has 7 nitrogen and oxygen atoms in total. The quantitative estimate of drug-likeness (QED) is 0.151. The van der Waals surface area contributed by atoms with Crippen LogP contribution < -0.4 is 10.6 Å². The van der Waals surface area contributed by atoms with Crippen molar-refractivity contribution in [2.45, 2.75) is 57.5 Å². The van der Waals surface area contributed by atoms with E-state index in [1.807, 2.05) is 24.4 Å². The molecule has 7 heteroatoms. The number of aromatic nitrogens is 1. The fraction of sp³-hybridized carbons (Fsp3) is 0.406. The van der Waals surface area contributed by atoms with Crippen molar-refractivity contribution >= 4 is 17.9 Å². The number of hydrogen-bond donors (Lipinski definition) is 1. The predicted molar refractivity (Wildman–Crippen MR) is 156 cm³/mol. The molecule has 2 unspecified atom stereocenters. The van der Waals surface area contributed by atoms with Gasteiger partial charge in [-0.15, -0.1) is 0 Å². The maximum atomic E-state index is 12.7. The molecule has 2 N–H and O–H groups in total. The molecule has 0 bridgehead atoms. The van der Waals surface area contributed by atoms with E-state index in [1.165, 1.54) is 39.2 Å². The molecule has 0 radical (unpaired) electrons. The average molecular weight is 527 g/mol. The number of ether oxygens (including phenoxy) is 2. The lowest BCUT2D eigenvalue weighted by Crippen LogP contribution is -2.25. The Morgan fingerprint density at radius 3 is 2.54 bits per heavy atom. The van der Waals surface area contributed by atoms with Gasteiger partial charge in [-0.1, -0.05) is 43.5 Å². The lowest BCUT2D eigenvalue weighted by atomic mass is 9.86. The number of carbonyl (C=O) groups is 1. The molecule has 204 valence electrons. The molecule has 2 fully saturated rings. The first-order chi connectivity index (χ1) is 19.0. The minimum absolute atomic E-state index is 0.0936. The van der Waals surface area contributed by atoms with Crippen LogP contribution in [-0.4, -0.2) is 42.7 Å². The fourth-order valence-electron chi connectivity index (χ4n) is 6.01. The maximum Gasteiger partial charge on any atom is 0.339 e. The summed E-state index contributed by atoms with van der Waals surface area (Å²) in [7, 11) is 3.11. The van der Waals surface area contributed by atoms with Gasteiger partial charge in [-0.3, -0.25) is 4.99 Å². The summed E-state index contributed by atoms with van der Waals surface area (Å²) in [6.45, 7) is 2.20. The van der Waals surface area contributed by atoms with E-state index in [-0.39, 0.29) is 23.9 Å². The van der Waals surface area contributed by atoms with Crippen LogP contribution in [0.1, 0.15) is 67.4 Å². The second kappa shape index (κ2) is 11.9. The van der Waals surface area contributed by atoms with Crippen molar-refractivity contribution in [3.05, 3.63) is 72.1 Å². The summed E-state index contributed by atoms with van der Waals surface area (Å²) < 4.78 is 13.6. The molecule has 0 amide bonds. The summed E-state index contributed by atoms with van der Waals surface area (Å²) in [5.41, 5.74) is 5.35. The van der Waals surface area contributed by atoms with Crippen LogP contribution in [0, 0.1) is 11.8 Å². The Labute approximate surface area is 230 Å². The van der Waals surface area contributed by atoms with Crippen molar-refractivity contribution in [3.63, 3.8) is 0 Å². The van der Waals surface area contributed by atoms with Crippen molar-refractivity contribution in [3.8, 4) is 22.6 Å². The molecular weight excluding hydrogens is 488 g/mol. The van der Waals surface area contributed by atoms with Gasteiger partial charge >= 0.3 is 5.97 Å². The van der Waals surface area contributed by atoms with Crippen molar-refractivity contribution in [1.29, 1.82) is 0 Å². The van der Waals surface area contributed by atoms with Gasteiger partial charge in [0.05, 0.1) is 24.5 Å². The van der Waals surface area contributed by atoms with Gasteiger partial charge in [0.25, 0.3) is 0 Å². The van der Waals surface area contributed by atoms with Crippen LogP contribution in [0.3, 0.4) is 0 Å². The molecule has 5 rings (SSSR count). The summed E-state index contributed by atoms with van der Waals surface area (Å²) in [4.78, 5) is 16.8. The molecule has 0 spiro atoms. The number of aliphatic imine (C=N–C) groups is 1. The van der Waals surface area contributed by atoms with Crippen molar-refractivity contribution < 1.29 is 14.3 Å². The van der Waals surface area contributed by atoms with Gasteiger partial charge in [0, 0.05) is 42.7 Å². The van der Waals surface area contributed by atoms with Crippen LogP contribution in [0.15, 0.2) is 70.9 Å². The van der Waals surface area contributed by atoms with E-state index in [2.05, 4.69) is 58.0 Å². The summed E-state index contributed by atoms with van der Waals surface area (Å²) in [6, 6.07) is 18.5. The summed E-state index contributed by atoms with van der Waals surface area (Å²) >= 11 is 0. The first-order valence-electron chi connectivity index (χ1n) is 13.9. The number of methoxy groups -OCH3 is 1. The Hall–Kier alpha value is -3.87. The SMILES string of the molecule is CN=CC(=NN)C1C[C@H]1c1c(C(=O)OC)ccn1-c1cccc(-c2cccc(OC(C)C3CCCCC3)c2)c1. The zero-order valence-electron chi connectivity index (χ0n) is 23.0. The number of esters is 1. The molecule has 1 heterocycles. The number of nitrogens with two attached hydrogens (primary N) is 1. The normalized spacial score (nSPS) is 20.6. The van der Waals surface area contributed by atoms with E-state index in [1.54, 1.807) is 13.3 Å². The predicted octanol–water partition coefficient (Wildman–Crippen LogP) is 6.40. The van der Waals surface area contributed by atoms with Crippen LogP contribution in [0.2, 0.25) is 0 Å². The highest BCUT2D eigenvalue weighted by atomic mass is 16.5. The van der Waals surface area contributed by atoms with E-state index in [0.29, 0.717) is 11.5 Å². The number of carbonyl (C=O) groups excluding carboxylic acids is 1. The minimum Gasteiger partial charge on any atom is -0.490 e. The molecule has 3 atom stereocenters. The molecule has 2 aromatic carbocycles. The van der Waals surface area contributed by atoms with Gasteiger partial charge in [0.2, 0.25) is 0 Å². The number of rotatable bonds is 9. The first kappa shape index (κ1) is 26.7. The van der Waals surface area contributed by atoms with E-state index in [4.69, 9.17) is 15.3 Å². The standard InChI is InChI=1S/C32H38N4O3/c1-21(22-9-5-4-6-10-22)39-26-14-8-12-24(18-26)23-11-7-13-25(17-23)36-16-15-27(32(37)38-3)31(36)29-19-28(29)30(35-33)20-34-2/h7-8,11-18,20-22,28-29H,4-6,9-10,19,33H2,1-3H3/t21?,28?,29-/m1/s1. The third-order valence-electron chi connectivity index (χ3n) is 8.19. The number of hydrazone groups is 1. The largest absolute Gasteiger partial charge is 0.490 e. The molecule has 3 aromatic rings. The second-order valence-corrected chi connectivity index (χ2v) is 10.7. The van der Waals surface area contributed by atoms with Crippen LogP contribution >= 0.6 is 0 Å². The second-order valence-electron chi connectivity index (χ2n) is 10.7. The molecule has 0 saturated heterocycles. The monoisotopic (exact) mass is 526 g/mol. The average Bonchev–Trinajstić information content (AvgIpc) is 3.64. The van der Waals surface area contributed by atoms with Crippen molar-refractivity contribution in [2.75, 3.05) is 14.2 Å². The van der Waals surface area contributed by atoms with Crippen molar-refractivity contribution in [2.24, 2.45) is 27.8 Å². The van der Waals surface area contributed by atoms with Gasteiger partial charge < -0.3 is 19.9 Å². The van der Waals surface area contributed by atoms with Gasteiger partial charge in [-0.25, -0.2) is 4.79 Å². The van der Waals surface area contributed by atoms with E-state index in [9.17, 15) is 4.79 Å². The van der Waals surface area contributed by atoms with Crippen molar-refractivity contribution in [1.82, 2.24) is 4.57 Å². The Bertz CT molecular complexity index is 1370. The highest BCUT2D eigenvalue weighted by Crippen LogP contribution is 2.50. The van der Waals surface area contributed by atoms with Gasteiger partial charge in [-0.2, -0.15) is 5.10 Å². The third-order valence-corrected chi connectivity index (χ3v) is 8.19. The Morgan fingerprint density at radius 1 is 1.08 bits per heavy atom. The molecular formula is C32H38N4O3. The van der Waals surface area contributed by atoms with Crippen LogP contribution in [0.4, 0.5) is 0 Å². The summed E-state index contributed by atoms with van der Waals surface area (Å²) in [5, 5.41) is 3.94. The zero-order chi connectivity index (χ0) is 27.4. The Balaban J connectivity index is 1.43. The third kappa shape index (κ3) is 5.77. The van der Waals surface area contributed by atoms with Gasteiger partial charge in [-0.05, 0) is 73.6 Å². The zero-order valence-corrected chi connectivity index (χ0v) is 23.0. The van der Waals surface area contributed by atoms with Crippen LogP contribution in [0.25, 0.3) is 16.8 Å². The summed E-state index contributed by atoms with van der Waals surface area (Å²) in [5.74, 6) is 7.03. The Kier molecular flexibility index (Phi) is 8.15. The minimum atomic E-state index is -0.349. The number of nitrogens with zero attached hydrogens (tertiary/aromatic N) is 3. The highest BCUT2D eigenvalue weighted by Gasteiger charge is 2.45. The molecule has 2 aliphatic carbocycles. The molecule has 2 aliphatic rings. The van der Waals surface area contributed by atoms with Gasteiger partial charge in [0.1, 0.15) is 5.75 Å². The van der Waals surface area contributed by atoms with Crippen LogP contribution in [0.5, 0.6) is 5.75 Å². The number of hydrogen-bond acceptors (Lipinski definition) is 6. The Morgan fingerprint density at radius 2 is 1.82 bits per heavy atom. The maximum absolute atomic E-state index is 12.7. The molecule has 2 saturated carbocycles. The highest BCUT2D eigenvalue weighted by molar-refractivity contribution is 6.32. The molecule has 39 heavy (non-hydrogen) atoms. The van der Waals surface area contributed by atoms with E-state index >= 15 is 0 Å².